The highest BCUT2D eigenvalue weighted by Crippen LogP contribution is 2.34. The monoisotopic (exact) mass is 619 g/mol. The van der Waals surface area contributed by atoms with Crippen LogP contribution in [-0.2, 0) is 0 Å². The molecule has 0 N–H and O–H groups in total. The lowest BCUT2D eigenvalue weighted by molar-refractivity contribution is 0.666. The molecule has 3 aromatic heterocycles. The lowest BCUT2D eigenvalue weighted by Crippen LogP contribution is -2.00. The van der Waals surface area contributed by atoms with Gasteiger partial charge in [0.2, 0.25) is 0 Å². The van der Waals surface area contributed by atoms with E-state index in [-0.39, 0.29) is 0 Å². The highest BCUT2D eigenvalue weighted by Gasteiger charge is 2.16. The topological polar surface area (TPSA) is 77.1 Å². The van der Waals surface area contributed by atoms with Gasteiger partial charge in [-0.1, -0.05) is 128 Å². The Kier molecular flexibility index (Phi) is 7.43. The van der Waals surface area contributed by atoms with Gasteiger partial charge in [-0.2, -0.15) is 0 Å². The fourth-order valence-electron chi connectivity index (χ4n) is 5.88. The van der Waals surface area contributed by atoms with Crippen LogP contribution < -0.4 is 0 Å². The van der Waals surface area contributed by atoms with Gasteiger partial charge in [0.05, 0.1) is 11.4 Å². The minimum absolute atomic E-state index is 0.604. The summed E-state index contributed by atoms with van der Waals surface area (Å²) < 4.78 is 6.23. The second-order valence-corrected chi connectivity index (χ2v) is 11.4. The van der Waals surface area contributed by atoms with E-state index in [0.29, 0.717) is 17.5 Å². The van der Waals surface area contributed by atoms with Crippen LogP contribution in [0.5, 0.6) is 0 Å². The minimum atomic E-state index is 0.604. The Labute approximate surface area is 277 Å². The van der Waals surface area contributed by atoms with Gasteiger partial charge in [-0.25, -0.2) is 15.0 Å². The molecule has 0 amide bonds. The zero-order valence-corrected chi connectivity index (χ0v) is 26.2. The molecule has 8 rings (SSSR count). The molecule has 3 heterocycles. The van der Waals surface area contributed by atoms with Crippen molar-refractivity contribution in [2.45, 2.75) is 6.92 Å². The molecule has 48 heavy (non-hydrogen) atoms. The number of rotatable bonds is 7. The molecule has 0 fully saturated rings. The summed E-state index contributed by atoms with van der Waals surface area (Å²) in [6.07, 6.45) is 1.81. The first kappa shape index (κ1) is 28.9. The first-order valence-corrected chi connectivity index (χ1v) is 15.7. The van der Waals surface area contributed by atoms with Crippen molar-refractivity contribution >= 4 is 38.9 Å². The molecule has 0 atom stereocenters. The van der Waals surface area contributed by atoms with Crippen LogP contribution in [0.2, 0.25) is 0 Å². The molecule has 0 spiro atoms. The quantitative estimate of drug-likeness (QED) is 0.166. The second-order valence-electron chi connectivity index (χ2n) is 11.4. The van der Waals surface area contributed by atoms with Gasteiger partial charge in [0.25, 0.3) is 0 Å². The molecule has 0 radical (unpaired) electrons. The number of para-hydroxylation sites is 2. The molecule has 0 aliphatic heterocycles. The SMILES string of the molecule is C=C(c1ccc(-c2nc(-c3ccccc3)nc(-c3ccccc3)n2)cc1)c1ccccc1/N=C(\C)c1nccc2c1oc1ccccc12. The molecule has 6 nitrogen and oxygen atoms in total. The van der Waals surface area contributed by atoms with E-state index in [4.69, 9.17) is 24.4 Å². The van der Waals surface area contributed by atoms with Gasteiger partial charge < -0.3 is 4.42 Å². The van der Waals surface area contributed by atoms with Crippen LogP contribution in [0.1, 0.15) is 23.7 Å². The number of hydrogen-bond donors (Lipinski definition) is 0. The summed E-state index contributed by atoms with van der Waals surface area (Å²) in [5.74, 6) is 1.86. The summed E-state index contributed by atoms with van der Waals surface area (Å²) in [5, 5.41) is 2.08. The van der Waals surface area contributed by atoms with Gasteiger partial charge in [-0.3, -0.25) is 9.98 Å². The smallest absolute Gasteiger partial charge is 0.164 e. The summed E-state index contributed by atoms with van der Waals surface area (Å²) in [7, 11) is 0. The fraction of sp³-hybridized carbons (Fsp3) is 0.0238. The van der Waals surface area contributed by atoms with Crippen LogP contribution in [0.3, 0.4) is 0 Å². The van der Waals surface area contributed by atoms with Crippen molar-refractivity contribution in [1.82, 2.24) is 19.9 Å². The molecule has 228 valence electrons. The third-order valence-corrected chi connectivity index (χ3v) is 8.34. The molecule has 0 aliphatic rings. The Morgan fingerprint density at radius 2 is 1.15 bits per heavy atom. The van der Waals surface area contributed by atoms with Gasteiger partial charge in [0.1, 0.15) is 11.3 Å². The summed E-state index contributed by atoms with van der Waals surface area (Å²) in [6, 6.07) is 46.2. The standard InChI is InChI=1S/C42H29N5O/c1-27(33-17-9-11-19-36(33)44-28(2)38-39-35(25-26-43-38)34-18-10-12-20-37(34)48-39)29-21-23-32(24-22-29)42-46-40(30-13-5-3-6-14-30)45-41(47-42)31-15-7-4-8-16-31/h3-26H,1H2,2H3/b44-28+. The zero-order chi connectivity index (χ0) is 32.5. The second kappa shape index (κ2) is 12.3. The summed E-state index contributed by atoms with van der Waals surface area (Å²) in [4.78, 5) is 24.2. The maximum Gasteiger partial charge on any atom is 0.164 e. The van der Waals surface area contributed by atoms with Crippen LogP contribution >= 0.6 is 0 Å². The van der Waals surface area contributed by atoms with Crippen molar-refractivity contribution < 1.29 is 4.42 Å². The molecule has 0 bridgehead atoms. The maximum absolute atomic E-state index is 6.23. The van der Waals surface area contributed by atoms with Crippen molar-refractivity contribution in [1.29, 1.82) is 0 Å². The molecule has 0 saturated carbocycles. The Balaban J connectivity index is 1.13. The zero-order valence-electron chi connectivity index (χ0n) is 26.2. The van der Waals surface area contributed by atoms with E-state index in [1.807, 2.05) is 134 Å². The predicted octanol–water partition coefficient (Wildman–Crippen LogP) is 10.4. The van der Waals surface area contributed by atoms with E-state index in [0.717, 1.165) is 72.4 Å². The molecule has 5 aromatic carbocycles. The molecular formula is C42H29N5O. The number of furan rings is 1. The molecule has 0 unspecified atom stereocenters. The Bertz CT molecular complexity index is 2410. The van der Waals surface area contributed by atoms with Crippen LogP contribution in [0.4, 0.5) is 5.69 Å². The normalized spacial score (nSPS) is 11.6. The van der Waals surface area contributed by atoms with Gasteiger partial charge in [-0.15, -0.1) is 0 Å². The lowest BCUT2D eigenvalue weighted by Gasteiger charge is -2.12. The number of aliphatic imine (C=N–C) groups is 1. The van der Waals surface area contributed by atoms with E-state index in [2.05, 4.69) is 29.8 Å². The van der Waals surface area contributed by atoms with Gasteiger partial charge in [0.15, 0.2) is 23.1 Å². The number of aromatic nitrogens is 4. The van der Waals surface area contributed by atoms with Gasteiger partial charge in [0, 0.05) is 39.2 Å². The van der Waals surface area contributed by atoms with Gasteiger partial charge in [-0.05, 0) is 36.3 Å². The number of fused-ring (bicyclic) bond motifs is 3. The van der Waals surface area contributed by atoms with Crippen molar-refractivity contribution in [3.63, 3.8) is 0 Å². The molecule has 8 aromatic rings. The molecular weight excluding hydrogens is 590 g/mol. The molecule has 6 heteroatoms. The van der Waals surface area contributed by atoms with Crippen LogP contribution in [0, 0.1) is 0 Å². The van der Waals surface area contributed by atoms with E-state index < -0.39 is 0 Å². The van der Waals surface area contributed by atoms with Crippen molar-refractivity contribution in [3.8, 4) is 34.2 Å². The van der Waals surface area contributed by atoms with Gasteiger partial charge >= 0.3 is 0 Å². The number of nitrogens with zero attached hydrogens (tertiary/aromatic N) is 5. The van der Waals surface area contributed by atoms with Crippen LogP contribution in [-0.4, -0.2) is 25.6 Å². The minimum Gasteiger partial charge on any atom is -0.454 e. The number of hydrogen-bond acceptors (Lipinski definition) is 6. The average Bonchev–Trinajstić information content (AvgIpc) is 3.54. The van der Waals surface area contributed by atoms with Crippen molar-refractivity contribution in [3.05, 3.63) is 169 Å². The Morgan fingerprint density at radius 3 is 1.81 bits per heavy atom. The molecule has 0 aliphatic carbocycles. The largest absolute Gasteiger partial charge is 0.454 e. The number of pyridine rings is 1. The first-order chi connectivity index (χ1) is 23.6. The Hall–Kier alpha value is -6.53. The highest BCUT2D eigenvalue weighted by atomic mass is 16.3. The van der Waals surface area contributed by atoms with E-state index in [9.17, 15) is 0 Å². The predicted molar refractivity (Wildman–Crippen MR) is 194 cm³/mol. The van der Waals surface area contributed by atoms with E-state index in [1.165, 1.54) is 0 Å². The average molecular weight is 620 g/mol. The highest BCUT2D eigenvalue weighted by molar-refractivity contribution is 6.14. The third-order valence-electron chi connectivity index (χ3n) is 8.34. The maximum atomic E-state index is 6.23. The summed E-state index contributed by atoms with van der Waals surface area (Å²) in [5.41, 5.74) is 9.35. The van der Waals surface area contributed by atoms with Crippen LogP contribution in [0.25, 0.3) is 61.7 Å². The number of benzene rings is 5. The molecule has 0 saturated heterocycles. The summed E-state index contributed by atoms with van der Waals surface area (Å²) >= 11 is 0. The van der Waals surface area contributed by atoms with Crippen molar-refractivity contribution in [2.24, 2.45) is 4.99 Å². The van der Waals surface area contributed by atoms with E-state index in [1.54, 1.807) is 0 Å². The summed E-state index contributed by atoms with van der Waals surface area (Å²) in [6.45, 7) is 6.44. The van der Waals surface area contributed by atoms with Crippen molar-refractivity contribution in [2.75, 3.05) is 0 Å². The third kappa shape index (κ3) is 5.46. The van der Waals surface area contributed by atoms with Crippen LogP contribution in [0.15, 0.2) is 162 Å². The van der Waals surface area contributed by atoms with E-state index >= 15 is 0 Å². The lowest BCUT2D eigenvalue weighted by atomic mass is 9.97. The fourth-order valence-corrected chi connectivity index (χ4v) is 5.88. The first-order valence-electron chi connectivity index (χ1n) is 15.7. The Morgan fingerprint density at radius 1 is 0.583 bits per heavy atom.